The van der Waals surface area contributed by atoms with Crippen LogP contribution in [0.3, 0.4) is 0 Å². The van der Waals surface area contributed by atoms with Crippen LogP contribution >= 0.6 is 11.3 Å². The number of nitrogens with zero attached hydrogens (tertiary/aromatic N) is 1. The van der Waals surface area contributed by atoms with Crippen LogP contribution in [0.1, 0.15) is 45.6 Å². The average molecular weight is 643 g/mol. The van der Waals surface area contributed by atoms with E-state index < -0.39 is 41.8 Å². The molecule has 4 amide bonds. The quantitative estimate of drug-likeness (QED) is 0.118. The Balaban J connectivity index is 1.64. The maximum Gasteiger partial charge on any atom is 0.251 e. The summed E-state index contributed by atoms with van der Waals surface area (Å²) in [5.41, 5.74) is 19.0. The SMILES string of the molecule is CN(C(=O)[C@@H](Cc1ccc2ccccc2c1)NC(=O)c1cccc(CN)c1)[C@H](Cc1cccs1)C(=O)N[C@@H](CCCCN)C(N)=O. The highest BCUT2D eigenvalue weighted by Gasteiger charge is 2.34. The first kappa shape index (κ1) is 34.3. The largest absolute Gasteiger partial charge is 0.368 e. The zero-order chi connectivity index (χ0) is 33.1. The Labute approximate surface area is 273 Å². The van der Waals surface area contributed by atoms with E-state index in [1.54, 1.807) is 25.2 Å². The van der Waals surface area contributed by atoms with Gasteiger partial charge in [-0.2, -0.15) is 0 Å². The van der Waals surface area contributed by atoms with Crippen molar-refractivity contribution in [3.8, 4) is 0 Å². The van der Waals surface area contributed by atoms with Gasteiger partial charge >= 0.3 is 0 Å². The van der Waals surface area contributed by atoms with Gasteiger partial charge in [0.25, 0.3) is 5.91 Å². The molecular formula is C35H42N6O4S. The summed E-state index contributed by atoms with van der Waals surface area (Å²) in [5, 5.41) is 9.64. The van der Waals surface area contributed by atoms with Gasteiger partial charge in [-0.25, -0.2) is 0 Å². The van der Waals surface area contributed by atoms with Crippen LogP contribution in [-0.4, -0.2) is 60.2 Å². The Kier molecular flexibility index (Phi) is 12.4. The highest BCUT2D eigenvalue weighted by Crippen LogP contribution is 2.20. The number of primary amides is 1. The van der Waals surface area contributed by atoms with Gasteiger partial charge in [-0.05, 0) is 71.3 Å². The molecule has 11 heteroatoms. The van der Waals surface area contributed by atoms with Crippen molar-refractivity contribution >= 4 is 45.7 Å². The van der Waals surface area contributed by atoms with E-state index in [-0.39, 0.29) is 19.4 Å². The van der Waals surface area contributed by atoms with Crippen LogP contribution in [0.25, 0.3) is 10.8 Å². The number of amides is 4. The standard InChI is InChI=1S/C35H42N6O4S/c1-41(31(21-28-12-7-17-46-28)34(44)39-29(32(38)42)13-4-5-16-36)35(45)30(40-33(43)27-11-6-8-24(19-27)22-37)20-23-14-15-25-9-2-3-10-26(25)18-23/h2-3,6-12,14-15,17-19,29-31H,4-5,13,16,20-22,36-37H2,1H3,(H2,38,42)(H,39,44)(H,40,43)/t29-,30+,31+/m0/s1. The van der Waals surface area contributed by atoms with Gasteiger partial charge in [0.05, 0.1) is 0 Å². The van der Waals surface area contributed by atoms with Crippen molar-refractivity contribution in [2.75, 3.05) is 13.6 Å². The molecule has 242 valence electrons. The van der Waals surface area contributed by atoms with E-state index in [4.69, 9.17) is 17.2 Å². The summed E-state index contributed by atoms with van der Waals surface area (Å²) in [6.45, 7) is 0.722. The summed E-state index contributed by atoms with van der Waals surface area (Å²) in [5.74, 6) is -2.05. The minimum atomic E-state index is -1.00. The number of nitrogens with one attached hydrogen (secondary N) is 2. The minimum Gasteiger partial charge on any atom is -0.368 e. The predicted molar refractivity (Wildman–Crippen MR) is 182 cm³/mol. The molecule has 3 aromatic carbocycles. The number of unbranched alkanes of at least 4 members (excludes halogenated alkanes) is 1. The zero-order valence-electron chi connectivity index (χ0n) is 26.0. The lowest BCUT2D eigenvalue weighted by Gasteiger charge is -2.32. The molecule has 0 saturated heterocycles. The molecule has 0 unspecified atom stereocenters. The second kappa shape index (κ2) is 16.6. The van der Waals surface area contributed by atoms with E-state index in [0.717, 1.165) is 26.8 Å². The highest BCUT2D eigenvalue weighted by molar-refractivity contribution is 7.09. The Morgan fingerprint density at radius 2 is 1.59 bits per heavy atom. The summed E-state index contributed by atoms with van der Waals surface area (Å²) in [6, 6.07) is 21.6. The first-order valence-electron chi connectivity index (χ1n) is 15.4. The van der Waals surface area contributed by atoms with Gasteiger partial charge in [-0.3, -0.25) is 19.2 Å². The maximum atomic E-state index is 14.3. The molecule has 1 aromatic heterocycles. The Hall–Kier alpha value is -4.58. The van der Waals surface area contributed by atoms with Crippen molar-refractivity contribution in [2.45, 2.75) is 56.8 Å². The molecular weight excluding hydrogens is 600 g/mol. The number of fused-ring (bicyclic) bond motifs is 1. The smallest absolute Gasteiger partial charge is 0.251 e. The molecule has 0 fully saturated rings. The van der Waals surface area contributed by atoms with Crippen LogP contribution in [0.2, 0.25) is 0 Å². The molecule has 1 heterocycles. The first-order valence-corrected chi connectivity index (χ1v) is 16.2. The second-order valence-electron chi connectivity index (χ2n) is 11.3. The molecule has 46 heavy (non-hydrogen) atoms. The van der Waals surface area contributed by atoms with Gasteiger partial charge in [0.1, 0.15) is 18.1 Å². The number of hydrogen-bond donors (Lipinski definition) is 5. The third-order valence-electron chi connectivity index (χ3n) is 7.98. The molecule has 8 N–H and O–H groups in total. The lowest BCUT2D eigenvalue weighted by atomic mass is 9.99. The minimum absolute atomic E-state index is 0.187. The van der Waals surface area contributed by atoms with Gasteiger partial charge in [0.15, 0.2) is 0 Å². The van der Waals surface area contributed by atoms with Crippen molar-refractivity contribution in [3.05, 3.63) is 106 Å². The topological polar surface area (TPSA) is 174 Å². The van der Waals surface area contributed by atoms with Gasteiger partial charge in [0, 0.05) is 36.9 Å². The number of rotatable bonds is 16. The van der Waals surface area contributed by atoms with Crippen LogP contribution in [0, 0.1) is 0 Å². The summed E-state index contributed by atoms with van der Waals surface area (Å²) in [6.07, 6.45) is 2.03. The lowest BCUT2D eigenvalue weighted by Crippen LogP contribution is -2.57. The van der Waals surface area contributed by atoms with E-state index in [2.05, 4.69) is 10.6 Å². The first-order chi connectivity index (χ1) is 22.2. The monoisotopic (exact) mass is 642 g/mol. The number of carbonyl (C=O) groups excluding carboxylic acids is 4. The van der Waals surface area contributed by atoms with Crippen LogP contribution in [-0.2, 0) is 33.8 Å². The van der Waals surface area contributed by atoms with Crippen molar-refractivity contribution in [1.82, 2.24) is 15.5 Å². The van der Waals surface area contributed by atoms with E-state index >= 15 is 0 Å². The fourth-order valence-electron chi connectivity index (χ4n) is 5.35. The number of carbonyl (C=O) groups is 4. The molecule has 0 aliphatic carbocycles. The molecule has 4 rings (SSSR count). The fourth-order valence-corrected chi connectivity index (χ4v) is 6.10. The zero-order valence-corrected chi connectivity index (χ0v) is 26.8. The highest BCUT2D eigenvalue weighted by atomic mass is 32.1. The molecule has 4 aromatic rings. The number of likely N-dealkylation sites (N-methyl/N-ethyl adjacent to an activating group) is 1. The second-order valence-corrected chi connectivity index (χ2v) is 12.3. The molecule has 0 bridgehead atoms. The molecule has 10 nitrogen and oxygen atoms in total. The van der Waals surface area contributed by atoms with E-state index in [1.807, 2.05) is 66.0 Å². The van der Waals surface area contributed by atoms with Gasteiger partial charge < -0.3 is 32.7 Å². The number of benzene rings is 3. The van der Waals surface area contributed by atoms with Crippen molar-refractivity contribution in [3.63, 3.8) is 0 Å². The molecule has 0 spiro atoms. The fraction of sp³-hybridized carbons (Fsp3) is 0.314. The van der Waals surface area contributed by atoms with E-state index in [9.17, 15) is 19.2 Å². The van der Waals surface area contributed by atoms with Crippen LogP contribution in [0.5, 0.6) is 0 Å². The third-order valence-corrected chi connectivity index (χ3v) is 8.88. The summed E-state index contributed by atoms with van der Waals surface area (Å²) in [4.78, 5) is 56.0. The molecule has 0 radical (unpaired) electrons. The van der Waals surface area contributed by atoms with Crippen LogP contribution in [0.4, 0.5) is 0 Å². The molecule has 0 saturated carbocycles. The van der Waals surface area contributed by atoms with Crippen LogP contribution < -0.4 is 27.8 Å². The summed E-state index contributed by atoms with van der Waals surface area (Å²) in [7, 11) is 1.54. The molecule has 0 aliphatic rings. The van der Waals surface area contributed by atoms with Gasteiger partial charge in [-0.15, -0.1) is 11.3 Å². The maximum absolute atomic E-state index is 14.3. The summed E-state index contributed by atoms with van der Waals surface area (Å²) < 4.78 is 0. The van der Waals surface area contributed by atoms with Gasteiger partial charge in [0.2, 0.25) is 17.7 Å². The van der Waals surface area contributed by atoms with E-state index in [1.165, 1.54) is 16.2 Å². The Morgan fingerprint density at radius 3 is 2.28 bits per heavy atom. The Morgan fingerprint density at radius 1 is 0.804 bits per heavy atom. The predicted octanol–water partition coefficient (Wildman–Crippen LogP) is 2.87. The number of nitrogens with two attached hydrogens (primary N) is 3. The van der Waals surface area contributed by atoms with Crippen molar-refractivity contribution in [2.24, 2.45) is 17.2 Å². The van der Waals surface area contributed by atoms with Crippen molar-refractivity contribution in [1.29, 1.82) is 0 Å². The molecule has 0 aliphatic heterocycles. The lowest BCUT2D eigenvalue weighted by molar-refractivity contribution is -0.141. The van der Waals surface area contributed by atoms with Crippen LogP contribution in [0.15, 0.2) is 84.2 Å². The van der Waals surface area contributed by atoms with E-state index in [0.29, 0.717) is 31.4 Å². The Bertz CT molecular complexity index is 1640. The third kappa shape index (κ3) is 9.23. The molecule has 3 atom stereocenters. The average Bonchev–Trinajstić information content (AvgIpc) is 3.59. The van der Waals surface area contributed by atoms with Crippen molar-refractivity contribution < 1.29 is 19.2 Å². The number of thiophene rings is 1. The van der Waals surface area contributed by atoms with Gasteiger partial charge in [-0.1, -0.05) is 60.7 Å². The number of hydrogen-bond acceptors (Lipinski definition) is 7. The normalized spacial score (nSPS) is 13.0. The summed E-state index contributed by atoms with van der Waals surface area (Å²) >= 11 is 1.46.